The Labute approximate surface area is 166 Å². The van der Waals surface area contributed by atoms with Crippen LogP contribution in [0.2, 0.25) is 0 Å². The van der Waals surface area contributed by atoms with Gasteiger partial charge in [-0.25, -0.2) is 4.79 Å². The van der Waals surface area contributed by atoms with Gasteiger partial charge in [-0.3, -0.25) is 9.69 Å². The highest BCUT2D eigenvalue weighted by Gasteiger charge is 2.25. The van der Waals surface area contributed by atoms with Gasteiger partial charge in [0.15, 0.2) is 0 Å². The Kier molecular flexibility index (Phi) is 6.97. The minimum atomic E-state index is -0.0905. The monoisotopic (exact) mass is 390 g/mol. The Bertz CT molecular complexity index is 661. The Morgan fingerprint density at radius 2 is 1.50 bits per heavy atom. The summed E-state index contributed by atoms with van der Waals surface area (Å²) < 4.78 is 10.5. The quantitative estimate of drug-likeness (QED) is 0.789. The van der Waals surface area contributed by atoms with Gasteiger partial charge in [0.1, 0.15) is 11.5 Å². The molecule has 0 bridgehead atoms. The summed E-state index contributed by atoms with van der Waals surface area (Å²) in [6.07, 6.45) is 2.22. The van der Waals surface area contributed by atoms with Crippen LogP contribution in [-0.4, -0.2) is 86.7 Å². The van der Waals surface area contributed by atoms with Crippen LogP contribution in [-0.2, 0) is 11.3 Å². The normalized spacial score (nSPS) is 17.5. The number of carbonyl (C=O) groups is 2. The highest BCUT2D eigenvalue weighted by molar-refractivity contribution is 5.78. The molecule has 0 radical (unpaired) electrons. The molecule has 2 heterocycles. The first-order valence-electron chi connectivity index (χ1n) is 9.84. The highest BCUT2D eigenvalue weighted by Crippen LogP contribution is 2.22. The number of likely N-dealkylation sites (tertiary alicyclic amines) is 1. The van der Waals surface area contributed by atoms with Crippen LogP contribution in [0.4, 0.5) is 4.79 Å². The van der Waals surface area contributed by atoms with Gasteiger partial charge < -0.3 is 24.6 Å². The van der Waals surface area contributed by atoms with Crippen LogP contribution in [0, 0.1) is 0 Å². The molecule has 2 aliphatic heterocycles. The van der Waals surface area contributed by atoms with Gasteiger partial charge in [-0.15, -0.1) is 0 Å². The van der Waals surface area contributed by atoms with Gasteiger partial charge in [-0.2, -0.15) is 0 Å². The first-order chi connectivity index (χ1) is 13.6. The number of urea groups is 1. The van der Waals surface area contributed by atoms with Crippen LogP contribution >= 0.6 is 0 Å². The van der Waals surface area contributed by atoms with Crippen molar-refractivity contribution in [3.05, 3.63) is 23.8 Å². The smallest absolute Gasteiger partial charge is 0.317 e. The summed E-state index contributed by atoms with van der Waals surface area (Å²) in [5.74, 6) is 1.60. The van der Waals surface area contributed by atoms with Gasteiger partial charge in [0.25, 0.3) is 0 Å². The zero-order valence-corrected chi connectivity index (χ0v) is 16.8. The molecule has 8 heteroatoms. The first kappa shape index (κ1) is 20.3. The fraction of sp³-hybridized carbons (Fsp3) is 0.600. The lowest BCUT2D eigenvalue weighted by atomic mass is 10.2. The molecule has 3 amide bonds. The topological polar surface area (TPSA) is 74.4 Å². The summed E-state index contributed by atoms with van der Waals surface area (Å²) >= 11 is 0. The molecule has 2 saturated heterocycles. The van der Waals surface area contributed by atoms with Crippen molar-refractivity contribution in [1.82, 2.24) is 20.0 Å². The summed E-state index contributed by atoms with van der Waals surface area (Å²) in [7, 11) is 3.20. The minimum absolute atomic E-state index is 0.0905. The highest BCUT2D eigenvalue weighted by atomic mass is 16.5. The van der Waals surface area contributed by atoms with Gasteiger partial charge in [-0.05, 0) is 30.5 Å². The number of hydrogen-bond acceptors (Lipinski definition) is 5. The second-order valence-corrected chi connectivity index (χ2v) is 7.23. The lowest BCUT2D eigenvalue weighted by Gasteiger charge is -2.35. The molecule has 1 aromatic carbocycles. The van der Waals surface area contributed by atoms with Gasteiger partial charge in [-0.1, -0.05) is 0 Å². The van der Waals surface area contributed by atoms with Gasteiger partial charge >= 0.3 is 6.03 Å². The van der Waals surface area contributed by atoms with Gasteiger partial charge in [0.2, 0.25) is 5.91 Å². The van der Waals surface area contributed by atoms with Crippen molar-refractivity contribution in [3.8, 4) is 11.5 Å². The molecule has 0 spiro atoms. The van der Waals surface area contributed by atoms with E-state index in [1.54, 1.807) is 25.2 Å². The number of benzene rings is 1. The van der Waals surface area contributed by atoms with Crippen molar-refractivity contribution in [2.75, 3.05) is 60.0 Å². The molecule has 0 unspecified atom stereocenters. The summed E-state index contributed by atoms with van der Waals surface area (Å²) in [6.45, 7) is 5.33. The maximum atomic E-state index is 12.5. The van der Waals surface area contributed by atoms with E-state index in [0.29, 0.717) is 37.7 Å². The number of carbonyl (C=O) groups excluding carboxylic acids is 2. The molecule has 2 aliphatic rings. The second-order valence-electron chi connectivity index (χ2n) is 7.23. The third-order valence-corrected chi connectivity index (χ3v) is 5.33. The molecule has 0 aromatic heterocycles. The summed E-state index contributed by atoms with van der Waals surface area (Å²) in [4.78, 5) is 30.6. The molecule has 1 N–H and O–H groups in total. The zero-order chi connectivity index (χ0) is 19.9. The average molecular weight is 390 g/mol. The van der Waals surface area contributed by atoms with E-state index < -0.39 is 0 Å². The van der Waals surface area contributed by atoms with Crippen LogP contribution < -0.4 is 14.8 Å². The number of amides is 3. The van der Waals surface area contributed by atoms with Crippen molar-refractivity contribution in [3.63, 3.8) is 0 Å². The molecule has 8 nitrogen and oxygen atoms in total. The van der Waals surface area contributed by atoms with Crippen molar-refractivity contribution in [2.45, 2.75) is 19.4 Å². The van der Waals surface area contributed by atoms with Crippen LogP contribution in [0.5, 0.6) is 11.5 Å². The Morgan fingerprint density at radius 3 is 2.07 bits per heavy atom. The lowest BCUT2D eigenvalue weighted by molar-refractivity contribution is -0.131. The molecular formula is C20H30N4O4. The van der Waals surface area contributed by atoms with Gasteiger partial charge in [0, 0.05) is 51.9 Å². The molecule has 2 fully saturated rings. The van der Waals surface area contributed by atoms with E-state index in [2.05, 4.69) is 10.2 Å². The number of nitrogens with zero attached hydrogens (tertiary/aromatic N) is 3. The average Bonchev–Trinajstić information content (AvgIpc) is 3.27. The van der Waals surface area contributed by atoms with E-state index in [1.807, 2.05) is 17.0 Å². The third kappa shape index (κ3) is 5.28. The summed E-state index contributed by atoms with van der Waals surface area (Å²) in [6, 6.07) is 5.47. The molecule has 0 saturated carbocycles. The maximum Gasteiger partial charge on any atom is 0.317 e. The van der Waals surface area contributed by atoms with Crippen LogP contribution in [0.3, 0.4) is 0 Å². The Hall–Kier alpha value is -2.48. The number of methoxy groups -OCH3 is 2. The van der Waals surface area contributed by atoms with E-state index in [4.69, 9.17) is 9.47 Å². The number of ether oxygens (including phenoxy) is 2. The SMILES string of the molecule is COc1cc(CNC(=O)N2CCN(CC(=O)N3CCCC3)CC2)cc(OC)c1. The molecule has 3 rings (SSSR count). The number of nitrogens with one attached hydrogen (secondary N) is 1. The number of hydrogen-bond donors (Lipinski definition) is 1. The Morgan fingerprint density at radius 1 is 0.893 bits per heavy atom. The molecule has 1 aromatic rings. The summed E-state index contributed by atoms with van der Waals surface area (Å²) in [5.41, 5.74) is 0.916. The minimum Gasteiger partial charge on any atom is -0.497 e. The van der Waals surface area contributed by atoms with Crippen LogP contribution in [0.25, 0.3) is 0 Å². The first-order valence-corrected chi connectivity index (χ1v) is 9.84. The predicted octanol–water partition coefficient (Wildman–Crippen LogP) is 1.15. The van der Waals surface area contributed by atoms with E-state index in [0.717, 1.165) is 44.6 Å². The molecule has 154 valence electrons. The standard InChI is InChI=1S/C20H30N4O4/c1-27-17-11-16(12-18(13-17)28-2)14-21-20(26)24-9-7-22(8-10-24)15-19(25)23-5-3-4-6-23/h11-13H,3-10,14-15H2,1-2H3,(H,21,26). The van der Waals surface area contributed by atoms with Gasteiger partial charge in [0.05, 0.1) is 20.8 Å². The number of piperazine rings is 1. The maximum absolute atomic E-state index is 12.5. The second kappa shape index (κ2) is 9.64. The lowest BCUT2D eigenvalue weighted by Crippen LogP contribution is -2.53. The van der Waals surface area contributed by atoms with Crippen molar-refractivity contribution >= 4 is 11.9 Å². The van der Waals surface area contributed by atoms with Crippen LogP contribution in [0.15, 0.2) is 18.2 Å². The van der Waals surface area contributed by atoms with E-state index in [-0.39, 0.29) is 11.9 Å². The van der Waals surface area contributed by atoms with Crippen molar-refractivity contribution < 1.29 is 19.1 Å². The van der Waals surface area contributed by atoms with E-state index >= 15 is 0 Å². The van der Waals surface area contributed by atoms with Crippen molar-refractivity contribution in [1.29, 1.82) is 0 Å². The fourth-order valence-electron chi connectivity index (χ4n) is 3.62. The predicted molar refractivity (Wildman–Crippen MR) is 106 cm³/mol. The molecule has 0 aliphatic carbocycles. The molecular weight excluding hydrogens is 360 g/mol. The van der Waals surface area contributed by atoms with Crippen molar-refractivity contribution in [2.24, 2.45) is 0 Å². The fourth-order valence-corrected chi connectivity index (χ4v) is 3.62. The molecule has 28 heavy (non-hydrogen) atoms. The number of rotatable bonds is 6. The Balaban J connectivity index is 1.43. The van der Waals surface area contributed by atoms with Crippen LogP contribution in [0.1, 0.15) is 18.4 Å². The third-order valence-electron chi connectivity index (χ3n) is 5.33. The molecule has 0 atom stereocenters. The van der Waals surface area contributed by atoms with E-state index in [9.17, 15) is 9.59 Å². The zero-order valence-electron chi connectivity index (χ0n) is 16.8. The summed E-state index contributed by atoms with van der Waals surface area (Å²) in [5, 5.41) is 2.95. The van der Waals surface area contributed by atoms with E-state index in [1.165, 1.54) is 0 Å². The largest absolute Gasteiger partial charge is 0.497 e.